The average molecular weight is 196 g/mol. The minimum atomic E-state index is 0.619. The van der Waals surface area contributed by atoms with Gasteiger partial charge in [0.2, 0.25) is 0 Å². The van der Waals surface area contributed by atoms with Gasteiger partial charge in [-0.25, -0.2) is 9.97 Å². The molecule has 2 nitrogen and oxygen atoms in total. The lowest BCUT2D eigenvalue weighted by molar-refractivity contribution is 0.930. The van der Waals surface area contributed by atoms with Crippen molar-refractivity contribution in [3.8, 4) is 11.3 Å². The van der Waals surface area contributed by atoms with Gasteiger partial charge in [-0.3, -0.25) is 0 Å². The summed E-state index contributed by atoms with van der Waals surface area (Å²) in [4.78, 5) is 8.91. The Bertz CT molecular complexity index is 461. The Hall–Kier alpha value is -1.70. The molecule has 74 valence electrons. The van der Waals surface area contributed by atoms with Gasteiger partial charge in [0, 0.05) is 17.7 Å². The van der Waals surface area contributed by atoms with Crippen molar-refractivity contribution in [3.63, 3.8) is 0 Å². The van der Waals surface area contributed by atoms with Crippen LogP contribution in [-0.2, 0) is 0 Å². The molecule has 0 unspecified atom stereocenters. The summed E-state index contributed by atoms with van der Waals surface area (Å²) in [6.45, 7) is 0. The first-order valence-electron chi connectivity index (χ1n) is 5.32. The highest BCUT2D eigenvalue weighted by Gasteiger charge is 2.26. The summed E-state index contributed by atoms with van der Waals surface area (Å²) in [6, 6.07) is 12.2. The van der Waals surface area contributed by atoms with Crippen LogP contribution in [0.15, 0.2) is 42.6 Å². The number of hydrogen-bond acceptors (Lipinski definition) is 2. The van der Waals surface area contributed by atoms with Crippen molar-refractivity contribution in [2.75, 3.05) is 0 Å². The molecule has 1 aromatic carbocycles. The van der Waals surface area contributed by atoms with Crippen LogP contribution >= 0.6 is 0 Å². The molecule has 1 aliphatic rings. The van der Waals surface area contributed by atoms with Gasteiger partial charge < -0.3 is 0 Å². The zero-order valence-corrected chi connectivity index (χ0v) is 8.43. The van der Waals surface area contributed by atoms with E-state index in [9.17, 15) is 0 Å². The first kappa shape index (κ1) is 8.60. The topological polar surface area (TPSA) is 25.8 Å². The Morgan fingerprint density at radius 1 is 1.00 bits per heavy atom. The molecule has 0 radical (unpaired) electrons. The number of rotatable bonds is 2. The lowest BCUT2D eigenvalue weighted by Gasteiger charge is -2.02. The van der Waals surface area contributed by atoms with Gasteiger partial charge in [0.1, 0.15) is 5.82 Å². The molecular weight excluding hydrogens is 184 g/mol. The molecule has 0 aliphatic heterocycles. The third-order valence-corrected chi connectivity index (χ3v) is 2.69. The molecule has 15 heavy (non-hydrogen) atoms. The van der Waals surface area contributed by atoms with E-state index in [4.69, 9.17) is 0 Å². The highest BCUT2D eigenvalue weighted by atomic mass is 14.9. The van der Waals surface area contributed by atoms with Crippen molar-refractivity contribution in [3.05, 3.63) is 48.4 Å². The molecule has 1 aliphatic carbocycles. The molecule has 1 heterocycles. The number of nitrogens with zero attached hydrogens (tertiary/aromatic N) is 2. The molecule has 0 bridgehead atoms. The first-order chi connectivity index (χ1) is 7.43. The molecule has 2 heteroatoms. The van der Waals surface area contributed by atoms with E-state index in [1.54, 1.807) is 0 Å². The fourth-order valence-electron chi connectivity index (χ4n) is 1.68. The maximum Gasteiger partial charge on any atom is 0.132 e. The average Bonchev–Trinajstić information content (AvgIpc) is 3.14. The van der Waals surface area contributed by atoms with Crippen molar-refractivity contribution in [2.45, 2.75) is 18.8 Å². The van der Waals surface area contributed by atoms with E-state index >= 15 is 0 Å². The molecule has 2 aromatic rings. The highest BCUT2D eigenvalue weighted by Crippen LogP contribution is 2.38. The second-order valence-electron chi connectivity index (χ2n) is 3.94. The zero-order valence-electron chi connectivity index (χ0n) is 8.43. The van der Waals surface area contributed by atoms with Crippen molar-refractivity contribution < 1.29 is 0 Å². The number of benzene rings is 1. The second-order valence-corrected chi connectivity index (χ2v) is 3.94. The van der Waals surface area contributed by atoms with Gasteiger partial charge >= 0.3 is 0 Å². The van der Waals surface area contributed by atoms with Crippen LogP contribution in [0.3, 0.4) is 0 Å². The van der Waals surface area contributed by atoms with Crippen molar-refractivity contribution in [1.82, 2.24) is 9.97 Å². The quantitative estimate of drug-likeness (QED) is 0.737. The predicted octanol–water partition coefficient (Wildman–Crippen LogP) is 3.02. The summed E-state index contributed by atoms with van der Waals surface area (Å²) in [7, 11) is 0. The highest BCUT2D eigenvalue weighted by molar-refractivity contribution is 5.58. The lowest BCUT2D eigenvalue weighted by atomic mass is 10.1. The van der Waals surface area contributed by atoms with Gasteiger partial charge in [0.25, 0.3) is 0 Å². The summed E-state index contributed by atoms with van der Waals surface area (Å²) < 4.78 is 0. The van der Waals surface area contributed by atoms with E-state index < -0.39 is 0 Å². The Morgan fingerprint density at radius 2 is 1.80 bits per heavy atom. The van der Waals surface area contributed by atoms with Crippen LogP contribution < -0.4 is 0 Å². The number of aromatic nitrogens is 2. The van der Waals surface area contributed by atoms with Gasteiger partial charge in [0.05, 0.1) is 5.69 Å². The molecule has 0 spiro atoms. The van der Waals surface area contributed by atoms with Crippen molar-refractivity contribution >= 4 is 0 Å². The largest absolute Gasteiger partial charge is 0.241 e. The van der Waals surface area contributed by atoms with Gasteiger partial charge in [0.15, 0.2) is 0 Å². The van der Waals surface area contributed by atoms with Crippen LogP contribution in [-0.4, -0.2) is 9.97 Å². The third kappa shape index (κ3) is 1.75. The molecule has 0 N–H and O–H groups in total. The fourth-order valence-corrected chi connectivity index (χ4v) is 1.68. The summed E-state index contributed by atoms with van der Waals surface area (Å²) in [5.74, 6) is 1.63. The van der Waals surface area contributed by atoms with Crippen LogP contribution in [0, 0.1) is 0 Å². The normalized spacial score (nSPS) is 15.2. The van der Waals surface area contributed by atoms with Gasteiger partial charge in [-0.1, -0.05) is 30.3 Å². The molecule has 0 atom stereocenters. The third-order valence-electron chi connectivity index (χ3n) is 2.69. The van der Waals surface area contributed by atoms with Crippen LogP contribution in [0.4, 0.5) is 0 Å². The monoisotopic (exact) mass is 196 g/mol. The Balaban J connectivity index is 2.01. The van der Waals surface area contributed by atoms with Gasteiger partial charge in [-0.05, 0) is 18.9 Å². The molecule has 0 saturated heterocycles. The summed E-state index contributed by atoms with van der Waals surface area (Å²) in [5, 5.41) is 0. The summed E-state index contributed by atoms with van der Waals surface area (Å²) >= 11 is 0. The van der Waals surface area contributed by atoms with Crippen LogP contribution in [0.1, 0.15) is 24.6 Å². The Kier molecular flexibility index (Phi) is 1.98. The summed E-state index contributed by atoms with van der Waals surface area (Å²) in [6.07, 6.45) is 4.36. The number of hydrogen-bond donors (Lipinski definition) is 0. The molecule has 0 amide bonds. The molecular formula is C13H12N2. The SMILES string of the molecule is c1ccc(-c2ccnc(C3CC3)n2)cc1. The minimum absolute atomic E-state index is 0.619. The Morgan fingerprint density at radius 3 is 2.53 bits per heavy atom. The van der Waals surface area contributed by atoms with Gasteiger partial charge in [-0.2, -0.15) is 0 Å². The van der Waals surface area contributed by atoms with E-state index in [-0.39, 0.29) is 0 Å². The van der Waals surface area contributed by atoms with Crippen LogP contribution in [0.2, 0.25) is 0 Å². The van der Waals surface area contributed by atoms with E-state index in [2.05, 4.69) is 22.1 Å². The zero-order chi connectivity index (χ0) is 10.1. The van der Waals surface area contributed by atoms with E-state index in [1.165, 1.54) is 18.4 Å². The van der Waals surface area contributed by atoms with Gasteiger partial charge in [-0.15, -0.1) is 0 Å². The van der Waals surface area contributed by atoms with Crippen LogP contribution in [0.25, 0.3) is 11.3 Å². The Labute approximate surface area is 89.0 Å². The standard InChI is InChI=1S/C13H12N2/c1-2-4-10(5-3-1)12-8-9-14-13(15-12)11-6-7-11/h1-5,8-9,11H,6-7H2. The van der Waals surface area contributed by atoms with E-state index in [0.29, 0.717) is 5.92 Å². The van der Waals surface area contributed by atoms with Crippen LogP contribution in [0.5, 0.6) is 0 Å². The van der Waals surface area contributed by atoms with E-state index in [0.717, 1.165) is 11.5 Å². The second kappa shape index (κ2) is 3.46. The molecule has 1 fully saturated rings. The smallest absolute Gasteiger partial charge is 0.132 e. The maximum atomic E-state index is 4.59. The summed E-state index contributed by atoms with van der Waals surface area (Å²) in [5.41, 5.74) is 2.20. The predicted molar refractivity (Wildman–Crippen MR) is 59.4 cm³/mol. The lowest BCUT2D eigenvalue weighted by Crippen LogP contribution is -1.93. The molecule has 1 saturated carbocycles. The van der Waals surface area contributed by atoms with Crippen molar-refractivity contribution in [1.29, 1.82) is 0 Å². The fraction of sp³-hybridized carbons (Fsp3) is 0.231. The first-order valence-corrected chi connectivity index (χ1v) is 5.32. The van der Waals surface area contributed by atoms with E-state index in [1.807, 2.05) is 30.5 Å². The van der Waals surface area contributed by atoms with Crippen molar-refractivity contribution in [2.24, 2.45) is 0 Å². The minimum Gasteiger partial charge on any atom is -0.241 e. The maximum absolute atomic E-state index is 4.59. The molecule has 3 rings (SSSR count). The molecule has 1 aromatic heterocycles.